The highest BCUT2D eigenvalue weighted by atomic mass is 32.2. The van der Waals surface area contributed by atoms with Crippen LogP contribution in [-0.4, -0.2) is 51.1 Å². The van der Waals surface area contributed by atoms with Gasteiger partial charge >= 0.3 is 0 Å². The number of sulfonamides is 1. The smallest absolute Gasteiger partial charge is 0.224 e. The maximum Gasteiger partial charge on any atom is 0.224 e. The normalized spacial score (nSPS) is 21.9. The summed E-state index contributed by atoms with van der Waals surface area (Å²) >= 11 is 0. The predicted molar refractivity (Wildman–Crippen MR) is 93.4 cm³/mol. The van der Waals surface area contributed by atoms with E-state index in [1.165, 1.54) is 10.6 Å². The highest BCUT2D eigenvalue weighted by Gasteiger charge is 2.39. The Hall–Kier alpha value is -1.60. The zero-order valence-corrected chi connectivity index (χ0v) is 15.5. The summed E-state index contributed by atoms with van der Waals surface area (Å²) in [5.41, 5.74) is 0.816. The zero-order chi connectivity index (χ0) is 17.9. The molecule has 2 rings (SSSR count). The Balaban J connectivity index is 2.06. The largest absolute Gasteiger partial charge is 0.496 e. The molecule has 1 aromatic carbocycles. The number of nitrogens with one attached hydrogen (secondary N) is 1. The molecular weight excluding hydrogens is 328 g/mol. The quantitative estimate of drug-likeness (QED) is 0.835. The van der Waals surface area contributed by atoms with Crippen molar-refractivity contribution in [2.45, 2.75) is 26.3 Å². The lowest BCUT2D eigenvalue weighted by atomic mass is 9.91. The number of carbonyl (C=O) groups is 1. The maximum atomic E-state index is 12.4. The van der Waals surface area contributed by atoms with Crippen molar-refractivity contribution in [3.63, 3.8) is 0 Å². The molecule has 0 bridgehead atoms. The number of para-hydroxylation sites is 1. The van der Waals surface area contributed by atoms with Gasteiger partial charge in [-0.2, -0.15) is 4.31 Å². The third-order valence-corrected chi connectivity index (χ3v) is 5.78. The van der Waals surface area contributed by atoms with Crippen molar-refractivity contribution in [3.8, 4) is 5.75 Å². The Morgan fingerprint density at radius 1 is 1.33 bits per heavy atom. The molecular formula is C17H26N2O4S. The van der Waals surface area contributed by atoms with E-state index in [0.29, 0.717) is 18.8 Å². The summed E-state index contributed by atoms with van der Waals surface area (Å²) < 4.78 is 30.3. The molecule has 0 unspecified atom stereocenters. The minimum Gasteiger partial charge on any atom is -0.496 e. The minimum absolute atomic E-state index is 0.112. The van der Waals surface area contributed by atoms with Crippen molar-refractivity contribution in [3.05, 3.63) is 29.8 Å². The fraction of sp³-hybridized carbons (Fsp3) is 0.588. The van der Waals surface area contributed by atoms with E-state index in [2.05, 4.69) is 19.2 Å². The topological polar surface area (TPSA) is 75.7 Å². The molecule has 1 aliphatic rings. The molecule has 0 aromatic heterocycles. The van der Waals surface area contributed by atoms with Crippen molar-refractivity contribution in [1.29, 1.82) is 0 Å². The van der Waals surface area contributed by atoms with Gasteiger partial charge < -0.3 is 10.1 Å². The summed E-state index contributed by atoms with van der Waals surface area (Å²) in [4.78, 5) is 12.4. The van der Waals surface area contributed by atoms with Gasteiger partial charge in [-0.05, 0) is 17.9 Å². The Morgan fingerprint density at radius 2 is 2.00 bits per heavy atom. The van der Waals surface area contributed by atoms with Gasteiger partial charge in [0.1, 0.15) is 5.75 Å². The first-order valence-corrected chi connectivity index (χ1v) is 9.93. The van der Waals surface area contributed by atoms with Crippen molar-refractivity contribution in [2.75, 3.05) is 26.5 Å². The van der Waals surface area contributed by atoms with E-state index in [1.54, 1.807) is 7.11 Å². The Bertz CT molecular complexity index is 688. The number of amides is 1. The number of nitrogens with zero attached hydrogens (tertiary/aromatic N) is 1. The second-order valence-electron chi connectivity index (χ2n) is 6.65. The van der Waals surface area contributed by atoms with E-state index in [4.69, 9.17) is 4.74 Å². The fourth-order valence-electron chi connectivity index (χ4n) is 3.17. The van der Waals surface area contributed by atoms with Crippen LogP contribution >= 0.6 is 0 Å². The van der Waals surface area contributed by atoms with Crippen LogP contribution in [-0.2, 0) is 21.2 Å². The number of rotatable bonds is 6. The number of hydrogen-bond acceptors (Lipinski definition) is 4. The van der Waals surface area contributed by atoms with E-state index in [9.17, 15) is 13.2 Å². The van der Waals surface area contributed by atoms with Crippen molar-refractivity contribution < 1.29 is 17.9 Å². The molecule has 0 radical (unpaired) electrons. The molecule has 6 nitrogen and oxygen atoms in total. The monoisotopic (exact) mass is 354 g/mol. The SMILES string of the molecule is COc1ccccc1CC(=O)N[C@@H]1CN(S(C)(=O)=O)C[C@H]1C(C)C. The molecule has 7 heteroatoms. The minimum atomic E-state index is -3.25. The highest BCUT2D eigenvalue weighted by molar-refractivity contribution is 7.88. The van der Waals surface area contributed by atoms with E-state index in [1.807, 2.05) is 24.3 Å². The maximum absolute atomic E-state index is 12.4. The third-order valence-electron chi connectivity index (χ3n) is 4.55. The van der Waals surface area contributed by atoms with Gasteiger partial charge in [0.25, 0.3) is 0 Å². The van der Waals surface area contributed by atoms with E-state index in [0.717, 1.165) is 5.56 Å². The summed E-state index contributed by atoms with van der Waals surface area (Å²) in [7, 11) is -1.67. The van der Waals surface area contributed by atoms with Gasteiger partial charge in [0.05, 0.1) is 19.8 Å². The van der Waals surface area contributed by atoms with Crippen LogP contribution in [0.15, 0.2) is 24.3 Å². The Morgan fingerprint density at radius 3 is 2.58 bits per heavy atom. The predicted octanol–water partition coefficient (Wildman–Crippen LogP) is 1.27. The number of carbonyl (C=O) groups excluding carboxylic acids is 1. The standard InChI is InChI=1S/C17H26N2O4S/c1-12(2)14-10-19(24(4,21)22)11-15(14)18-17(20)9-13-7-5-6-8-16(13)23-3/h5-8,12,14-15H,9-11H2,1-4H3,(H,18,20)/t14-,15+/m0/s1. The molecule has 134 valence electrons. The molecule has 0 aliphatic carbocycles. The number of benzene rings is 1. The molecule has 24 heavy (non-hydrogen) atoms. The third kappa shape index (κ3) is 4.48. The number of ether oxygens (including phenoxy) is 1. The van der Waals surface area contributed by atoms with E-state index < -0.39 is 10.0 Å². The molecule has 1 amide bonds. The first-order valence-electron chi connectivity index (χ1n) is 8.08. The van der Waals surface area contributed by atoms with Crippen LogP contribution in [0.5, 0.6) is 5.75 Å². The summed E-state index contributed by atoms with van der Waals surface area (Å²) in [5.74, 6) is 0.956. The van der Waals surface area contributed by atoms with Gasteiger partial charge in [-0.25, -0.2) is 8.42 Å². The lowest BCUT2D eigenvalue weighted by Crippen LogP contribution is -2.42. The average Bonchev–Trinajstić information content (AvgIpc) is 2.92. The molecule has 1 fully saturated rings. The van der Waals surface area contributed by atoms with Crippen LogP contribution in [0, 0.1) is 11.8 Å². The van der Waals surface area contributed by atoms with E-state index in [-0.39, 0.29) is 30.2 Å². The molecule has 1 N–H and O–H groups in total. The molecule has 2 atom stereocenters. The van der Waals surface area contributed by atoms with Crippen LogP contribution in [0.2, 0.25) is 0 Å². The van der Waals surface area contributed by atoms with Crippen molar-refractivity contribution in [2.24, 2.45) is 11.8 Å². The Kier molecular flexibility index (Phi) is 5.87. The molecule has 1 heterocycles. The number of hydrogen-bond donors (Lipinski definition) is 1. The van der Waals surface area contributed by atoms with Crippen molar-refractivity contribution in [1.82, 2.24) is 9.62 Å². The molecule has 0 spiro atoms. The highest BCUT2D eigenvalue weighted by Crippen LogP contribution is 2.26. The van der Waals surface area contributed by atoms with Gasteiger partial charge in [0.2, 0.25) is 15.9 Å². The first kappa shape index (κ1) is 18.7. The molecule has 1 aromatic rings. The molecule has 1 saturated heterocycles. The summed E-state index contributed by atoms with van der Waals surface area (Å²) in [5, 5.41) is 3.01. The fourth-order valence-corrected chi connectivity index (χ4v) is 4.04. The summed E-state index contributed by atoms with van der Waals surface area (Å²) in [6.45, 7) is 4.89. The van der Waals surface area contributed by atoms with Gasteiger partial charge in [0, 0.05) is 24.7 Å². The van der Waals surface area contributed by atoms with Crippen molar-refractivity contribution >= 4 is 15.9 Å². The molecule has 1 aliphatic heterocycles. The van der Waals surface area contributed by atoms with Gasteiger partial charge in [0.15, 0.2) is 0 Å². The van der Waals surface area contributed by atoms with Crippen LogP contribution < -0.4 is 10.1 Å². The second-order valence-corrected chi connectivity index (χ2v) is 8.63. The lowest BCUT2D eigenvalue weighted by molar-refractivity contribution is -0.121. The zero-order valence-electron chi connectivity index (χ0n) is 14.7. The van der Waals surface area contributed by atoms with Crippen LogP contribution in [0.1, 0.15) is 19.4 Å². The Labute approximate surface area is 144 Å². The first-order chi connectivity index (χ1) is 11.2. The van der Waals surface area contributed by atoms with Gasteiger partial charge in [-0.3, -0.25) is 4.79 Å². The van der Waals surface area contributed by atoms with Crippen LogP contribution in [0.3, 0.4) is 0 Å². The summed E-state index contributed by atoms with van der Waals surface area (Å²) in [6, 6.07) is 7.23. The van der Waals surface area contributed by atoms with Crippen LogP contribution in [0.4, 0.5) is 0 Å². The second kappa shape index (κ2) is 7.53. The average molecular weight is 354 g/mol. The van der Waals surface area contributed by atoms with Gasteiger partial charge in [-0.15, -0.1) is 0 Å². The van der Waals surface area contributed by atoms with Crippen LogP contribution in [0.25, 0.3) is 0 Å². The number of methoxy groups -OCH3 is 1. The summed E-state index contributed by atoms with van der Waals surface area (Å²) in [6.07, 6.45) is 1.42. The molecule has 0 saturated carbocycles. The van der Waals surface area contributed by atoms with E-state index >= 15 is 0 Å². The van der Waals surface area contributed by atoms with Gasteiger partial charge in [-0.1, -0.05) is 32.0 Å². The lowest BCUT2D eigenvalue weighted by Gasteiger charge is -2.23.